The van der Waals surface area contributed by atoms with Gasteiger partial charge in [0.05, 0.1) is 16.6 Å². The Morgan fingerprint density at radius 1 is 1.10 bits per heavy atom. The number of aromatic nitrogens is 1. The van der Waals surface area contributed by atoms with Crippen molar-refractivity contribution >= 4 is 10.0 Å². The molecule has 4 nitrogen and oxygen atoms in total. The van der Waals surface area contributed by atoms with Crippen molar-refractivity contribution in [3.63, 3.8) is 0 Å². The van der Waals surface area contributed by atoms with Crippen molar-refractivity contribution in [2.45, 2.75) is 31.7 Å². The lowest BCUT2D eigenvalue weighted by Gasteiger charge is -2.14. The van der Waals surface area contributed by atoms with E-state index >= 15 is 0 Å². The third kappa shape index (κ3) is 3.23. The van der Waals surface area contributed by atoms with E-state index in [2.05, 4.69) is 9.71 Å². The molecular weight excluding hydrogens is 272 g/mol. The van der Waals surface area contributed by atoms with Crippen LogP contribution < -0.4 is 4.72 Å². The molecule has 0 unspecified atom stereocenters. The summed E-state index contributed by atoms with van der Waals surface area (Å²) in [6, 6.07) is 10.2. The van der Waals surface area contributed by atoms with Crippen LogP contribution in [-0.4, -0.2) is 13.4 Å². The Balaban J connectivity index is 2.25. The molecule has 0 saturated carbocycles. The number of sulfonamides is 1. The lowest BCUT2D eigenvalue weighted by molar-refractivity contribution is 0.564. The SMILES string of the molecule is Cc1ccc(S(=O)(=O)N[C@H](C)c2ccccn2)cc1C. The van der Waals surface area contributed by atoms with Gasteiger partial charge in [0.25, 0.3) is 0 Å². The van der Waals surface area contributed by atoms with Crippen LogP contribution in [0.15, 0.2) is 47.5 Å². The molecule has 0 aliphatic heterocycles. The van der Waals surface area contributed by atoms with Crippen molar-refractivity contribution in [1.29, 1.82) is 0 Å². The van der Waals surface area contributed by atoms with Gasteiger partial charge in [0, 0.05) is 6.20 Å². The van der Waals surface area contributed by atoms with Crippen molar-refractivity contribution in [2.24, 2.45) is 0 Å². The Kier molecular flexibility index (Phi) is 4.20. The minimum atomic E-state index is -3.54. The minimum Gasteiger partial charge on any atom is -0.260 e. The van der Waals surface area contributed by atoms with E-state index in [-0.39, 0.29) is 10.9 Å². The number of hydrogen-bond acceptors (Lipinski definition) is 3. The van der Waals surface area contributed by atoms with Crippen molar-refractivity contribution in [2.75, 3.05) is 0 Å². The number of nitrogens with zero attached hydrogens (tertiary/aromatic N) is 1. The van der Waals surface area contributed by atoms with Crippen molar-refractivity contribution in [1.82, 2.24) is 9.71 Å². The van der Waals surface area contributed by atoms with Crippen LogP contribution in [0.3, 0.4) is 0 Å². The first-order valence-corrected chi connectivity index (χ1v) is 7.89. The summed E-state index contributed by atoms with van der Waals surface area (Å²) in [5.74, 6) is 0. The van der Waals surface area contributed by atoms with Crippen LogP contribution in [0.1, 0.15) is 29.8 Å². The second kappa shape index (κ2) is 5.73. The van der Waals surface area contributed by atoms with Gasteiger partial charge in [-0.15, -0.1) is 0 Å². The van der Waals surface area contributed by atoms with E-state index in [4.69, 9.17) is 0 Å². The van der Waals surface area contributed by atoms with Gasteiger partial charge in [-0.3, -0.25) is 4.98 Å². The maximum absolute atomic E-state index is 12.3. The highest BCUT2D eigenvalue weighted by Crippen LogP contribution is 2.17. The maximum Gasteiger partial charge on any atom is 0.241 e. The van der Waals surface area contributed by atoms with E-state index < -0.39 is 10.0 Å². The van der Waals surface area contributed by atoms with Gasteiger partial charge in [-0.2, -0.15) is 0 Å². The first-order chi connectivity index (χ1) is 9.40. The van der Waals surface area contributed by atoms with Gasteiger partial charge in [0.15, 0.2) is 0 Å². The zero-order valence-corrected chi connectivity index (χ0v) is 12.6. The summed E-state index contributed by atoms with van der Waals surface area (Å²) in [6.07, 6.45) is 1.65. The lowest BCUT2D eigenvalue weighted by atomic mass is 10.1. The summed E-state index contributed by atoms with van der Waals surface area (Å²) >= 11 is 0. The fourth-order valence-corrected chi connectivity index (χ4v) is 3.18. The highest BCUT2D eigenvalue weighted by atomic mass is 32.2. The third-order valence-corrected chi connectivity index (χ3v) is 4.79. The molecule has 0 spiro atoms. The van der Waals surface area contributed by atoms with Crippen LogP contribution >= 0.6 is 0 Å². The summed E-state index contributed by atoms with van der Waals surface area (Å²) in [4.78, 5) is 4.44. The van der Waals surface area contributed by atoms with E-state index in [1.807, 2.05) is 26.0 Å². The van der Waals surface area contributed by atoms with Crippen LogP contribution in [0.2, 0.25) is 0 Å². The summed E-state index contributed by atoms with van der Waals surface area (Å²) in [5.41, 5.74) is 2.72. The maximum atomic E-state index is 12.3. The molecular formula is C15H18N2O2S. The van der Waals surface area contributed by atoms with Crippen LogP contribution in [0, 0.1) is 13.8 Å². The van der Waals surface area contributed by atoms with Gasteiger partial charge < -0.3 is 0 Å². The third-order valence-electron chi connectivity index (χ3n) is 3.25. The summed E-state index contributed by atoms with van der Waals surface area (Å²) < 4.78 is 27.3. The highest BCUT2D eigenvalue weighted by Gasteiger charge is 2.19. The van der Waals surface area contributed by atoms with Gasteiger partial charge in [-0.25, -0.2) is 13.1 Å². The van der Waals surface area contributed by atoms with Gasteiger partial charge in [-0.1, -0.05) is 12.1 Å². The molecule has 2 rings (SSSR count). The second-order valence-corrected chi connectivity index (χ2v) is 6.56. The normalized spacial score (nSPS) is 13.2. The standard InChI is InChI=1S/C15H18N2O2S/c1-11-7-8-14(10-12(11)2)20(18,19)17-13(3)15-6-4-5-9-16-15/h4-10,13,17H,1-3H3/t13-/m1/s1. The number of rotatable bonds is 4. The van der Waals surface area contributed by atoms with E-state index in [9.17, 15) is 8.42 Å². The predicted molar refractivity (Wildman–Crippen MR) is 78.9 cm³/mol. The molecule has 1 N–H and O–H groups in total. The number of benzene rings is 1. The van der Waals surface area contributed by atoms with E-state index in [0.29, 0.717) is 5.69 Å². The van der Waals surface area contributed by atoms with Gasteiger partial charge >= 0.3 is 0 Å². The van der Waals surface area contributed by atoms with Crippen LogP contribution in [0.5, 0.6) is 0 Å². The summed E-state index contributed by atoms with van der Waals surface area (Å²) in [6.45, 7) is 5.63. The molecule has 1 aromatic heterocycles. The number of aryl methyl sites for hydroxylation is 2. The number of pyridine rings is 1. The fourth-order valence-electron chi connectivity index (χ4n) is 1.87. The Morgan fingerprint density at radius 2 is 1.85 bits per heavy atom. The zero-order chi connectivity index (χ0) is 14.8. The summed E-state index contributed by atoms with van der Waals surface area (Å²) in [5, 5.41) is 0. The monoisotopic (exact) mass is 290 g/mol. The van der Waals surface area contributed by atoms with E-state index in [1.165, 1.54) is 0 Å². The molecule has 0 aliphatic carbocycles. The van der Waals surface area contributed by atoms with Crippen molar-refractivity contribution < 1.29 is 8.42 Å². The molecule has 0 amide bonds. The van der Waals surface area contributed by atoms with Crippen LogP contribution in [-0.2, 0) is 10.0 Å². The molecule has 0 fully saturated rings. The molecule has 1 heterocycles. The molecule has 0 radical (unpaired) electrons. The minimum absolute atomic E-state index is 0.281. The Hall–Kier alpha value is -1.72. The molecule has 0 saturated heterocycles. The Bertz CT molecular complexity index is 697. The Morgan fingerprint density at radius 3 is 2.45 bits per heavy atom. The van der Waals surface area contributed by atoms with Gasteiger partial charge in [0.2, 0.25) is 10.0 Å². The molecule has 20 heavy (non-hydrogen) atoms. The Labute approximate surface area is 119 Å². The molecule has 2 aromatic rings. The molecule has 1 aromatic carbocycles. The first-order valence-electron chi connectivity index (χ1n) is 6.40. The van der Waals surface area contributed by atoms with Crippen molar-refractivity contribution in [3.8, 4) is 0 Å². The second-order valence-electron chi connectivity index (χ2n) is 4.84. The van der Waals surface area contributed by atoms with Crippen LogP contribution in [0.4, 0.5) is 0 Å². The topological polar surface area (TPSA) is 59.1 Å². The molecule has 0 aliphatic rings. The van der Waals surface area contributed by atoms with Gasteiger partial charge in [-0.05, 0) is 56.2 Å². The summed E-state index contributed by atoms with van der Waals surface area (Å²) in [7, 11) is -3.54. The quantitative estimate of drug-likeness (QED) is 0.942. The first kappa shape index (κ1) is 14.7. The van der Waals surface area contributed by atoms with E-state index in [1.54, 1.807) is 37.4 Å². The molecule has 5 heteroatoms. The predicted octanol–water partition coefficient (Wildman–Crippen LogP) is 2.74. The average molecular weight is 290 g/mol. The molecule has 106 valence electrons. The lowest BCUT2D eigenvalue weighted by Crippen LogP contribution is -2.27. The number of hydrogen-bond donors (Lipinski definition) is 1. The fraction of sp³-hybridized carbons (Fsp3) is 0.267. The average Bonchev–Trinajstić information content (AvgIpc) is 2.42. The van der Waals surface area contributed by atoms with Crippen molar-refractivity contribution in [3.05, 3.63) is 59.4 Å². The highest BCUT2D eigenvalue weighted by molar-refractivity contribution is 7.89. The largest absolute Gasteiger partial charge is 0.260 e. The smallest absolute Gasteiger partial charge is 0.241 e. The van der Waals surface area contributed by atoms with E-state index in [0.717, 1.165) is 11.1 Å². The van der Waals surface area contributed by atoms with Gasteiger partial charge in [0.1, 0.15) is 0 Å². The molecule has 0 bridgehead atoms. The molecule has 1 atom stereocenters. The van der Waals surface area contributed by atoms with Crippen LogP contribution in [0.25, 0.3) is 0 Å². The number of nitrogens with one attached hydrogen (secondary N) is 1. The zero-order valence-electron chi connectivity index (χ0n) is 11.8.